The molecule has 4 rings (SSSR count). The number of ether oxygens (including phenoxy) is 2. The Bertz CT molecular complexity index is 1330. The van der Waals surface area contributed by atoms with Gasteiger partial charge in [-0.05, 0) is 42.0 Å². The van der Waals surface area contributed by atoms with Gasteiger partial charge in [0, 0.05) is 37.9 Å². The van der Waals surface area contributed by atoms with Gasteiger partial charge in [-0.15, -0.1) is 0 Å². The number of carbonyl (C=O) groups excluding carboxylic acids is 1. The highest BCUT2D eigenvalue weighted by Gasteiger charge is 2.29. The lowest BCUT2D eigenvalue weighted by Gasteiger charge is -2.36. The van der Waals surface area contributed by atoms with Crippen molar-refractivity contribution < 1.29 is 37.0 Å². The van der Waals surface area contributed by atoms with E-state index in [4.69, 9.17) is 9.15 Å². The second-order valence-corrected chi connectivity index (χ2v) is 8.88. The first-order chi connectivity index (χ1) is 18.2. The van der Waals surface area contributed by atoms with Crippen molar-refractivity contribution in [3.8, 4) is 11.5 Å². The van der Waals surface area contributed by atoms with Crippen molar-refractivity contribution in [2.24, 2.45) is 0 Å². The Kier molecular flexibility index (Phi) is 8.26. The van der Waals surface area contributed by atoms with E-state index in [0.29, 0.717) is 38.3 Å². The van der Waals surface area contributed by atoms with Crippen LogP contribution >= 0.6 is 0 Å². The molecule has 1 aromatic heterocycles. The van der Waals surface area contributed by atoms with Gasteiger partial charge in [-0.2, -0.15) is 0 Å². The molecule has 0 radical (unpaired) electrons. The Hall–Kier alpha value is -3.99. The number of nitrogens with zero attached hydrogens (tertiary/aromatic N) is 2. The van der Waals surface area contributed by atoms with Gasteiger partial charge >= 0.3 is 5.97 Å². The topological polar surface area (TPSA) is 92.5 Å². The first kappa shape index (κ1) is 27.1. The van der Waals surface area contributed by atoms with Crippen LogP contribution in [-0.4, -0.2) is 56.4 Å². The fourth-order valence-electron chi connectivity index (χ4n) is 4.43. The maximum Gasteiger partial charge on any atom is 0.306 e. The maximum absolute atomic E-state index is 14.0. The van der Waals surface area contributed by atoms with Crippen molar-refractivity contribution in [3.63, 3.8) is 0 Å². The molecule has 0 spiro atoms. The Morgan fingerprint density at radius 2 is 1.66 bits per heavy atom. The Morgan fingerprint density at radius 1 is 1.03 bits per heavy atom. The summed E-state index contributed by atoms with van der Waals surface area (Å²) < 4.78 is 57.2. The number of methoxy groups -OCH3 is 2. The van der Waals surface area contributed by atoms with Crippen molar-refractivity contribution >= 4 is 11.7 Å². The van der Waals surface area contributed by atoms with Gasteiger partial charge in [0.1, 0.15) is 11.5 Å². The molecule has 1 fully saturated rings. The van der Waals surface area contributed by atoms with Crippen LogP contribution in [0.15, 0.2) is 51.7 Å². The van der Waals surface area contributed by atoms with Gasteiger partial charge in [-0.3, -0.25) is 14.5 Å². The zero-order chi connectivity index (χ0) is 27.4. The summed E-state index contributed by atoms with van der Waals surface area (Å²) in [6.07, 6.45) is -0.512. The number of carbonyl (C=O) groups is 1. The average Bonchev–Trinajstić information content (AvgIpc) is 2.92. The second-order valence-electron chi connectivity index (χ2n) is 8.88. The third kappa shape index (κ3) is 5.94. The van der Waals surface area contributed by atoms with Crippen LogP contribution in [-0.2, 0) is 16.1 Å². The van der Waals surface area contributed by atoms with Gasteiger partial charge in [0.05, 0.1) is 33.1 Å². The van der Waals surface area contributed by atoms with Crippen molar-refractivity contribution in [3.05, 3.63) is 87.2 Å². The summed E-state index contributed by atoms with van der Waals surface area (Å²) in [6.45, 7) is 2.93. The summed E-state index contributed by atoms with van der Waals surface area (Å²) in [5.41, 5.74) is 0.0693. The van der Waals surface area contributed by atoms with Gasteiger partial charge in [-0.25, -0.2) is 13.2 Å². The second kappa shape index (κ2) is 11.6. The smallest absolute Gasteiger partial charge is 0.306 e. The number of anilines is 1. The van der Waals surface area contributed by atoms with Gasteiger partial charge in [0.2, 0.25) is 11.2 Å². The lowest BCUT2D eigenvalue weighted by molar-refractivity contribution is -0.140. The Morgan fingerprint density at radius 3 is 2.24 bits per heavy atom. The largest absolute Gasteiger partial charge is 0.502 e. The van der Waals surface area contributed by atoms with E-state index in [2.05, 4.69) is 9.64 Å². The van der Waals surface area contributed by atoms with Crippen LogP contribution in [0, 0.1) is 17.5 Å². The third-order valence-corrected chi connectivity index (χ3v) is 6.51. The standard InChI is InChI=1S/C27H27F3N2O6/c1-36-18-5-3-17(4-6-18)32-9-7-31(8-10-32)15-19-13-23(33)26(35)27(38-19)20(14-24(34)37-2)16-11-21(28)25(30)22(29)12-16/h3-6,11-13,20,35H,7-10,14-15H2,1-2H3/t20-/m0/s1. The highest BCUT2D eigenvalue weighted by Crippen LogP contribution is 2.35. The molecule has 8 nitrogen and oxygen atoms in total. The summed E-state index contributed by atoms with van der Waals surface area (Å²) in [5, 5.41) is 10.5. The van der Waals surface area contributed by atoms with E-state index < -0.39 is 46.9 Å². The third-order valence-electron chi connectivity index (χ3n) is 6.51. The molecule has 202 valence electrons. The highest BCUT2D eigenvalue weighted by atomic mass is 19.2. The number of hydrogen-bond acceptors (Lipinski definition) is 8. The van der Waals surface area contributed by atoms with Gasteiger partial charge in [-0.1, -0.05) is 0 Å². The summed E-state index contributed by atoms with van der Waals surface area (Å²) >= 11 is 0. The van der Waals surface area contributed by atoms with E-state index in [1.54, 1.807) is 7.11 Å². The van der Waals surface area contributed by atoms with Crippen molar-refractivity contribution in [1.29, 1.82) is 0 Å². The number of rotatable bonds is 8. The van der Waals surface area contributed by atoms with Crippen LogP contribution in [0.5, 0.6) is 11.5 Å². The molecule has 2 aromatic carbocycles. The van der Waals surface area contributed by atoms with Crippen LogP contribution in [0.1, 0.15) is 29.4 Å². The number of benzene rings is 2. The highest BCUT2D eigenvalue weighted by molar-refractivity contribution is 5.71. The Labute approximate surface area is 216 Å². The molecular formula is C27H27F3N2O6. The molecule has 0 saturated carbocycles. The quantitative estimate of drug-likeness (QED) is 0.346. The van der Waals surface area contributed by atoms with E-state index in [1.165, 1.54) is 0 Å². The fourth-order valence-corrected chi connectivity index (χ4v) is 4.43. The van der Waals surface area contributed by atoms with Gasteiger partial charge in [0.15, 0.2) is 23.2 Å². The minimum Gasteiger partial charge on any atom is -0.502 e. The lowest BCUT2D eigenvalue weighted by atomic mass is 9.92. The van der Waals surface area contributed by atoms with Crippen LogP contribution in [0.4, 0.5) is 18.9 Å². The van der Waals surface area contributed by atoms with E-state index in [-0.39, 0.29) is 23.6 Å². The van der Waals surface area contributed by atoms with E-state index >= 15 is 0 Å². The molecular weight excluding hydrogens is 505 g/mol. The molecule has 1 atom stereocenters. The maximum atomic E-state index is 14.0. The van der Waals surface area contributed by atoms with Crippen molar-refractivity contribution in [1.82, 2.24) is 4.90 Å². The summed E-state index contributed by atoms with van der Waals surface area (Å²) in [7, 11) is 2.72. The molecule has 0 aliphatic carbocycles. The molecule has 0 amide bonds. The number of halogens is 3. The normalized spacial score (nSPS) is 14.8. The number of aromatic hydroxyl groups is 1. The predicted molar refractivity (Wildman–Crippen MR) is 132 cm³/mol. The molecule has 2 heterocycles. The lowest BCUT2D eigenvalue weighted by Crippen LogP contribution is -2.46. The average molecular weight is 533 g/mol. The molecule has 38 heavy (non-hydrogen) atoms. The first-order valence-corrected chi connectivity index (χ1v) is 11.9. The zero-order valence-electron chi connectivity index (χ0n) is 20.9. The zero-order valence-corrected chi connectivity index (χ0v) is 20.9. The van der Waals surface area contributed by atoms with E-state index in [1.807, 2.05) is 29.2 Å². The molecule has 1 aliphatic heterocycles. The van der Waals surface area contributed by atoms with Crippen molar-refractivity contribution in [2.45, 2.75) is 18.9 Å². The van der Waals surface area contributed by atoms with Crippen LogP contribution in [0.2, 0.25) is 0 Å². The summed E-state index contributed by atoms with van der Waals surface area (Å²) in [5.74, 6) is -6.95. The van der Waals surface area contributed by atoms with Crippen LogP contribution in [0.3, 0.4) is 0 Å². The van der Waals surface area contributed by atoms with Gasteiger partial charge in [0.25, 0.3) is 0 Å². The minimum absolute atomic E-state index is 0.193. The van der Waals surface area contributed by atoms with Gasteiger partial charge < -0.3 is 23.9 Å². The molecule has 0 unspecified atom stereocenters. The minimum atomic E-state index is -1.68. The molecule has 0 bridgehead atoms. The first-order valence-electron chi connectivity index (χ1n) is 11.9. The molecule has 1 aliphatic rings. The van der Waals surface area contributed by atoms with Crippen molar-refractivity contribution in [2.75, 3.05) is 45.3 Å². The number of piperazine rings is 1. The SMILES string of the molecule is COC(=O)C[C@@H](c1cc(F)c(F)c(F)c1)c1oc(CN2CCN(c3ccc(OC)cc3)CC2)cc(=O)c1O. The molecule has 3 aromatic rings. The van der Waals surface area contributed by atoms with E-state index in [0.717, 1.165) is 24.6 Å². The molecule has 1 N–H and O–H groups in total. The summed E-state index contributed by atoms with van der Waals surface area (Å²) in [4.78, 5) is 28.9. The number of esters is 1. The fraction of sp³-hybridized carbons (Fsp3) is 0.333. The Balaban J connectivity index is 1.56. The van der Waals surface area contributed by atoms with Crippen LogP contribution in [0.25, 0.3) is 0 Å². The molecule has 1 saturated heterocycles. The molecule has 11 heteroatoms. The predicted octanol–water partition coefficient (Wildman–Crippen LogP) is 3.79. The summed E-state index contributed by atoms with van der Waals surface area (Å²) in [6, 6.07) is 10.2. The monoisotopic (exact) mass is 532 g/mol. The number of hydrogen-bond donors (Lipinski definition) is 1. The van der Waals surface area contributed by atoms with E-state index in [9.17, 15) is 27.9 Å². The van der Waals surface area contributed by atoms with Crippen LogP contribution < -0.4 is 15.1 Å².